The van der Waals surface area contributed by atoms with Crippen molar-refractivity contribution in [3.63, 3.8) is 0 Å². The van der Waals surface area contributed by atoms with E-state index in [1.807, 2.05) is 30.3 Å². The smallest absolute Gasteiger partial charge is 0.307 e. The number of hydrogen-bond acceptors (Lipinski definition) is 2. The fourth-order valence-electron chi connectivity index (χ4n) is 2.05. The Morgan fingerprint density at radius 1 is 1.05 bits per heavy atom. The standard InChI is InChI=1S/C16H16FNO2/c17-15-7-3-4-12(8-15)10-18-11-14-6-2-1-5-13(14)9-16(19)20/h1-8,18H,9-11H2,(H,19,20). The van der Waals surface area contributed by atoms with Crippen LogP contribution < -0.4 is 5.32 Å². The summed E-state index contributed by atoms with van der Waals surface area (Å²) < 4.78 is 13.0. The van der Waals surface area contributed by atoms with Crippen LogP contribution in [0.15, 0.2) is 48.5 Å². The average molecular weight is 273 g/mol. The summed E-state index contributed by atoms with van der Waals surface area (Å²) >= 11 is 0. The molecule has 0 saturated carbocycles. The summed E-state index contributed by atoms with van der Waals surface area (Å²) in [4.78, 5) is 10.8. The Labute approximate surface area is 117 Å². The number of nitrogens with one attached hydrogen (secondary N) is 1. The Kier molecular flexibility index (Phi) is 4.85. The first kappa shape index (κ1) is 14.2. The van der Waals surface area contributed by atoms with Crippen molar-refractivity contribution in [1.29, 1.82) is 0 Å². The van der Waals surface area contributed by atoms with Crippen LogP contribution in [-0.2, 0) is 24.3 Å². The summed E-state index contributed by atoms with van der Waals surface area (Å²) in [5.74, 6) is -1.10. The van der Waals surface area contributed by atoms with Crippen molar-refractivity contribution in [3.05, 3.63) is 71.0 Å². The van der Waals surface area contributed by atoms with Gasteiger partial charge in [0, 0.05) is 13.1 Å². The minimum absolute atomic E-state index is 0.0117. The van der Waals surface area contributed by atoms with Crippen LogP contribution in [0.25, 0.3) is 0 Å². The quantitative estimate of drug-likeness (QED) is 0.851. The maximum atomic E-state index is 13.0. The Hall–Kier alpha value is -2.20. The van der Waals surface area contributed by atoms with Gasteiger partial charge in [0.1, 0.15) is 5.82 Å². The fourth-order valence-corrected chi connectivity index (χ4v) is 2.05. The molecule has 0 amide bonds. The maximum absolute atomic E-state index is 13.0. The minimum Gasteiger partial charge on any atom is -0.481 e. The minimum atomic E-state index is -0.845. The van der Waals surface area contributed by atoms with Crippen LogP contribution in [0.4, 0.5) is 4.39 Å². The molecular formula is C16H16FNO2. The molecular weight excluding hydrogens is 257 g/mol. The van der Waals surface area contributed by atoms with Gasteiger partial charge in [0.2, 0.25) is 0 Å². The van der Waals surface area contributed by atoms with Gasteiger partial charge in [0.25, 0.3) is 0 Å². The monoisotopic (exact) mass is 273 g/mol. The van der Waals surface area contributed by atoms with E-state index in [4.69, 9.17) is 5.11 Å². The van der Waals surface area contributed by atoms with Crippen molar-refractivity contribution in [2.24, 2.45) is 0 Å². The molecule has 0 fully saturated rings. The highest BCUT2D eigenvalue weighted by Gasteiger charge is 2.05. The van der Waals surface area contributed by atoms with Crippen molar-refractivity contribution in [3.8, 4) is 0 Å². The third-order valence-electron chi connectivity index (χ3n) is 2.99. The van der Waals surface area contributed by atoms with Gasteiger partial charge in [0.15, 0.2) is 0 Å². The van der Waals surface area contributed by atoms with E-state index in [2.05, 4.69) is 5.32 Å². The van der Waals surface area contributed by atoms with Gasteiger partial charge in [-0.05, 0) is 28.8 Å². The molecule has 0 aliphatic heterocycles. The summed E-state index contributed by atoms with van der Waals surface area (Å²) in [5.41, 5.74) is 2.61. The molecule has 2 rings (SSSR count). The highest BCUT2D eigenvalue weighted by Crippen LogP contribution is 2.10. The molecule has 0 bridgehead atoms. The predicted molar refractivity (Wildman–Crippen MR) is 74.7 cm³/mol. The molecule has 0 spiro atoms. The van der Waals surface area contributed by atoms with E-state index < -0.39 is 5.97 Å². The first-order valence-corrected chi connectivity index (χ1v) is 6.39. The molecule has 2 aromatic carbocycles. The van der Waals surface area contributed by atoms with E-state index in [0.29, 0.717) is 13.1 Å². The molecule has 0 aromatic heterocycles. The van der Waals surface area contributed by atoms with E-state index in [9.17, 15) is 9.18 Å². The van der Waals surface area contributed by atoms with Gasteiger partial charge in [0.05, 0.1) is 6.42 Å². The first-order valence-electron chi connectivity index (χ1n) is 6.39. The maximum Gasteiger partial charge on any atom is 0.307 e. The normalized spacial score (nSPS) is 10.4. The zero-order valence-corrected chi connectivity index (χ0v) is 11.0. The van der Waals surface area contributed by atoms with E-state index in [1.165, 1.54) is 12.1 Å². The topological polar surface area (TPSA) is 49.3 Å². The van der Waals surface area contributed by atoms with Crippen LogP contribution in [0.5, 0.6) is 0 Å². The Morgan fingerprint density at radius 3 is 2.50 bits per heavy atom. The molecule has 0 aliphatic rings. The van der Waals surface area contributed by atoms with Gasteiger partial charge in [-0.3, -0.25) is 4.79 Å². The SMILES string of the molecule is O=C(O)Cc1ccccc1CNCc1cccc(F)c1. The molecule has 0 heterocycles. The van der Waals surface area contributed by atoms with Crippen molar-refractivity contribution in [2.45, 2.75) is 19.5 Å². The predicted octanol–water partition coefficient (Wildman–Crippen LogP) is 2.74. The van der Waals surface area contributed by atoms with Gasteiger partial charge < -0.3 is 10.4 Å². The molecule has 2 N–H and O–H groups in total. The summed E-state index contributed by atoms with van der Waals surface area (Å²) in [6.45, 7) is 1.10. The molecule has 0 unspecified atom stereocenters. The fraction of sp³-hybridized carbons (Fsp3) is 0.188. The lowest BCUT2D eigenvalue weighted by molar-refractivity contribution is -0.136. The number of carbonyl (C=O) groups is 1. The summed E-state index contributed by atoms with van der Waals surface area (Å²) in [6, 6.07) is 13.8. The van der Waals surface area contributed by atoms with Gasteiger partial charge in [-0.25, -0.2) is 4.39 Å². The van der Waals surface area contributed by atoms with Crippen LogP contribution in [0.1, 0.15) is 16.7 Å². The number of halogens is 1. The number of rotatable bonds is 6. The van der Waals surface area contributed by atoms with Crippen molar-refractivity contribution < 1.29 is 14.3 Å². The van der Waals surface area contributed by atoms with Crippen LogP contribution in [0, 0.1) is 5.82 Å². The second kappa shape index (κ2) is 6.82. The van der Waals surface area contributed by atoms with Crippen molar-refractivity contribution >= 4 is 5.97 Å². The molecule has 20 heavy (non-hydrogen) atoms. The van der Waals surface area contributed by atoms with Gasteiger partial charge in [-0.2, -0.15) is 0 Å². The van der Waals surface area contributed by atoms with Crippen molar-refractivity contribution in [1.82, 2.24) is 5.32 Å². The summed E-state index contributed by atoms with van der Waals surface area (Å²) in [5, 5.41) is 12.1. The first-order chi connectivity index (χ1) is 9.65. The number of hydrogen-bond donors (Lipinski definition) is 2. The molecule has 2 aromatic rings. The highest BCUT2D eigenvalue weighted by atomic mass is 19.1. The summed E-state index contributed by atoms with van der Waals surface area (Å²) in [7, 11) is 0. The lowest BCUT2D eigenvalue weighted by Crippen LogP contribution is -2.15. The number of carboxylic acid groups (broad SMARTS) is 1. The van der Waals surface area contributed by atoms with Crippen molar-refractivity contribution in [2.75, 3.05) is 0 Å². The van der Waals surface area contributed by atoms with E-state index in [0.717, 1.165) is 16.7 Å². The van der Waals surface area contributed by atoms with Gasteiger partial charge >= 0.3 is 5.97 Å². The van der Waals surface area contributed by atoms with E-state index in [1.54, 1.807) is 6.07 Å². The average Bonchev–Trinajstić information content (AvgIpc) is 2.40. The molecule has 4 heteroatoms. The third kappa shape index (κ3) is 4.17. The van der Waals surface area contributed by atoms with Crippen LogP contribution in [0.3, 0.4) is 0 Å². The molecule has 0 atom stereocenters. The molecule has 0 radical (unpaired) electrons. The Bertz CT molecular complexity index is 599. The molecule has 0 saturated heterocycles. The largest absolute Gasteiger partial charge is 0.481 e. The second-order valence-electron chi connectivity index (χ2n) is 4.57. The number of aliphatic carboxylic acids is 1. The Morgan fingerprint density at radius 2 is 1.80 bits per heavy atom. The summed E-state index contributed by atoms with van der Waals surface area (Å²) in [6.07, 6.45) is 0.0117. The number of benzene rings is 2. The zero-order chi connectivity index (χ0) is 14.4. The second-order valence-corrected chi connectivity index (χ2v) is 4.57. The van der Waals surface area contributed by atoms with Crippen LogP contribution in [0.2, 0.25) is 0 Å². The molecule has 0 aliphatic carbocycles. The zero-order valence-electron chi connectivity index (χ0n) is 11.0. The number of carboxylic acids is 1. The molecule has 3 nitrogen and oxygen atoms in total. The third-order valence-corrected chi connectivity index (χ3v) is 2.99. The Balaban J connectivity index is 1.95. The van der Waals surface area contributed by atoms with Gasteiger partial charge in [-0.15, -0.1) is 0 Å². The van der Waals surface area contributed by atoms with Crippen LogP contribution in [-0.4, -0.2) is 11.1 Å². The van der Waals surface area contributed by atoms with Gasteiger partial charge in [-0.1, -0.05) is 36.4 Å². The highest BCUT2D eigenvalue weighted by molar-refractivity contribution is 5.70. The van der Waals surface area contributed by atoms with E-state index >= 15 is 0 Å². The van der Waals surface area contributed by atoms with Crippen LogP contribution >= 0.6 is 0 Å². The lowest BCUT2D eigenvalue weighted by atomic mass is 10.0. The molecule has 104 valence electrons. The lowest BCUT2D eigenvalue weighted by Gasteiger charge is -2.09. The van der Waals surface area contributed by atoms with E-state index in [-0.39, 0.29) is 12.2 Å².